The molecule has 0 radical (unpaired) electrons. The highest BCUT2D eigenvalue weighted by molar-refractivity contribution is 5.76. The predicted molar refractivity (Wildman–Crippen MR) is 65.6 cm³/mol. The van der Waals surface area contributed by atoms with Crippen LogP contribution in [0.25, 0.3) is 0 Å². The van der Waals surface area contributed by atoms with E-state index in [2.05, 4.69) is 10.4 Å². The van der Waals surface area contributed by atoms with Gasteiger partial charge >= 0.3 is 5.97 Å². The van der Waals surface area contributed by atoms with E-state index in [4.69, 9.17) is 4.74 Å². The van der Waals surface area contributed by atoms with Crippen LogP contribution >= 0.6 is 0 Å². The van der Waals surface area contributed by atoms with Gasteiger partial charge in [0.1, 0.15) is 0 Å². The lowest BCUT2D eigenvalue weighted by Gasteiger charge is -2.21. The van der Waals surface area contributed by atoms with Crippen molar-refractivity contribution in [3.63, 3.8) is 0 Å². The number of aryl methyl sites for hydroxylation is 1. The van der Waals surface area contributed by atoms with Crippen LogP contribution < -0.4 is 5.32 Å². The molecular formula is C12H21N3O2. The van der Waals surface area contributed by atoms with Gasteiger partial charge in [-0.25, -0.2) is 0 Å². The summed E-state index contributed by atoms with van der Waals surface area (Å²) in [5.74, 6) is -0.189. The largest absolute Gasteiger partial charge is 0.469 e. The molecule has 96 valence electrons. The second kappa shape index (κ2) is 5.82. The number of esters is 1. The molecule has 0 saturated carbocycles. The molecule has 1 N–H and O–H groups in total. The Kier molecular flexibility index (Phi) is 4.69. The zero-order chi connectivity index (χ0) is 12.9. The maximum atomic E-state index is 11.4. The second-order valence-electron chi connectivity index (χ2n) is 4.82. The first-order valence-electron chi connectivity index (χ1n) is 5.72. The number of carbonyl (C=O) groups is 1. The minimum atomic E-state index is -0.482. The predicted octanol–water partition coefficient (Wildman–Crippen LogP) is 0.751. The van der Waals surface area contributed by atoms with Gasteiger partial charge in [-0.05, 0) is 32.4 Å². The zero-order valence-corrected chi connectivity index (χ0v) is 11.0. The molecule has 0 bridgehead atoms. The first-order chi connectivity index (χ1) is 7.95. The fraction of sp³-hybridized carbons (Fsp3) is 0.667. The van der Waals surface area contributed by atoms with Gasteiger partial charge in [0.05, 0.1) is 18.7 Å². The van der Waals surface area contributed by atoms with Crippen LogP contribution in [0.2, 0.25) is 0 Å². The molecule has 0 aliphatic rings. The topological polar surface area (TPSA) is 56.1 Å². The van der Waals surface area contributed by atoms with E-state index >= 15 is 0 Å². The summed E-state index contributed by atoms with van der Waals surface area (Å²) >= 11 is 0. The molecule has 0 spiro atoms. The molecule has 0 atom stereocenters. The van der Waals surface area contributed by atoms with Crippen LogP contribution in [0.5, 0.6) is 0 Å². The molecule has 1 heterocycles. The highest BCUT2D eigenvalue weighted by atomic mass is 16.5. The molecule has 5 heteroatoms. The minimum Gasteiger partial charge on any atom is -0.469 e. The number of methoxy groups -OCH3 is 1. The van der Waals surface area contributed by atoms with E-state index < -0.39 is 5.41 Å². The SMILES string of the molecule is COC(=O)C(C)(C)CNCCc1cnn(C)c1. The molecule has 17 heavy (non-hydrogen) atoms. The molecule has 5 nitrogen and oxygen atoms in total. The lowest BCUT2D eigenvalue weighted by atomic mass is 9.94. The van der Waals surface area contributed by atoms with Gasteiger partial charge < -0.3 is 10.1 Å². The molecule has 0 aliphatic carbocycles. The highest BCUT2D eigenvalue weighted by Gasteiger charge is 2.27. The van der Waals surface area contributed by atoms with Gasteiger partial charge in [-0.15, -0.1) is 0 Å². The number of hydrogen-bond donors (Lipinski definition) is 1. The molecule has 0 saturated heterocycles. The fourth-order valence-electron chi connectivity index (χ4n) is 1.58. The summed E-state index contributed by atoms with van der Waals surface area (Å²) < 4.78 is 6.53. The summed E-state index contributed by atoms with van der Waals surface area (Å²) in [7, 11) is 3.32. The van der Waals surface area contributed by atoms with Crippen LogP contribution in [-0.4, -0.2) is 35.9 Å². The van der Waals surface area contributed by atoms with Gasteiger partial charge in [0.2, 0.25) is 0 Å². The normalized spacial score (nSPS) is 11.5. The maximum Gasteiger partial charge on any atom is 0.312 e. The Balaban J connectivity index is 2.26. The Hall–Kier alpha value is -1.36. The first-order valence-corrected chi connectivity index (χ1v) is 5.72. The van der Waals surface area contributed by atoms with Gasteiger partial charge in [-0.2, -0.15) is 5.10 Å². The molecule has 0 aliphatic heterocycles. The van der Waals surface area contributed by atoms with Crippen LogP contribution in [0.3, 0.4) is 0 Å². The van der Waals surface area contributed by atoms with Crippen molar-refractivity contribution in [3.05, 3.63) is 18.0 Å². The molecule has 0 fully saturated rings. The number of aromatic nitrogens is 2. The molecule has 0 amide bonds. The summed E-state index contributed by atoms with van der Waals surface area (Å²) in [5, 5.41) is 7.36. The average molecular weight is 239 g/mol. The summed E-state index contributed by atoms with van der Waals surface area (Å²) in [6.45, 7) is 5.18. The van der Waals surface area contributed by atoms with Crippen LogP contribution in [0.15, 0.2) is 12.4 Å². The van der Waals surface area contributed by atoms with Crippen molar-refractivity contribution in [1.29, 1.82) is 0 Å². The van der Waals surface area contributed by atoms with E-state index in [1.54, 1.807) is 4.68 Å². The van der Waals surface area contributed by atoms with E-state index in [0.717, 1.165) is 13.0 Å². The van der Waals surface area contributed by atoms with E-state index in [-0.39, 0.29) is 5.97 Å². The van der Waals surface area contributed by atoms with Gasteiger partial charge in [0, 0.05) is 19.8 Å². The van der Waals surface area contributed by atoms with Crippen molar-refractivity contribution >= 4 is 5.97 Å². The Morgan fingerprint density at radius 3 is 2.82 bits per heavy atom. The molecule has 1 aromatic heterocycles. The van der Waals surface area contributed by atoms with Crippen molar-refractivity contribution in [3.8, 4) is 0 Å². The van der Waals surface area contributed by atoms with E-state index in [0.29, 0.717) is 6.54 Å². The van der Waals surface area contributed by atoms with E-state index in [1.165, 1.54) is 12.7 Å². The number of hydrogen-bond acceptors (Lipinski definition) is 4. The lowest BCUT2D eigenvalue weighted by Crippen LogP contribution is -2.37. The number of rotatable bonds is 6. The van der Waals surface area contributed by atoms with Gasteiger partial charge in [-0.3, -0.25) is 9.48 Å². The third kappa shape index (κ3) is 4.19. The van der Waals surface area contributed by atoms with Gasteiger partial charge in [0.15, 0.2) is 0 Å². The molecule has 1 aromatic rings. The van der Waals surface area contributed by atoms with Crippen LogP contribution in [-0.2, 0) is 23.0 Å². The van der Waals surface area contributed by atoms with E-state index in [1.807, 2.05) is 33.3 Å². The third-order valence-electron chi connectivity index (χ3n) is 2.65. The van der Waals surface area contributed by atoms with Crippen molar-refractivity contribution < 1.29 is 9.53 Å². The Labute approximate surface area is 102 Å². The van der Waals surface area contributed by atoms with Crippen molar-refractivity contribution in [2.45, 2.75) is 20.3 Å². The third-order valence-corrected chi connectivity index (χ3v) is 2.65. The maximum absolute atomic E-state index is 11.4. The summed E-state index contributed by atoms with van der Waals surface area (Å²) in [4.78, 5) is 11.4. The Morgan fingerprint density at radius 1 is 1.59 bits per heavy atom. The second-order valence-corrected chi connectivity index (χ2v) is 4.82. The van der Waals surface area contributed by atoms with E-state index in [9.17, 15) is 4.79 Å². The molecule has 1 rings (SSSR count). The smallest absolute Gasteiger partial charge is 0.312 e. The standard InChI is InChI=1S/C12H21N3O2/c1-12(2,11(16)17-4)9-13-6-5-10-7-14-15(3)8-10/h7-8,13H,5-6,9H2,1-4H3. The summed E-state index contributed by atoms with van der Waals surface area (Å²) in [6, 6.07) is 0. The van der Waals surface area contributed by atoms with Crippen molar-refractivity contribution in [2.24, 2.45) is 12.5 Å². The molecule has 0 unspecified atom stereocenters. The quantitative estimate of drug-likeness (QED) is 0.588. The van der Waals surface area contributed by atoms with Crippen LogP contribution in [0, 0.1) is 5.41 Å². The number of nitrogens with one attached hydrogen (secondary N) is 1. The summed E-state index contributed by atoms with van der Waals surface area (Å²) in [6.07, 6.45) is 4.76. The molecular weight excluding hydrogens is 218 g/mol. The van der Waals surface area contributed by atoms with Gasteiger partial charge in [0.25, 0.3) is 0 Å². The molecule has 0 aromatic carbocycles. The van der Waals surface area contributed by atoms with Crippen molar-refractivity contribution in [2.75, 3.05) is 20.2 Å². The van der Waals surface area contributed by atoms with Gasteiger partial charge in [-0.1, -0.05) is 0 Å². The van der Waals surface area contributed by atoms with Crippen LogP contribution in [0.4, 0.5) is 0 Å². The average Bonchev–Trinajstić information content (AvgIpc) is 2.69. The lowest BCUT2D eigenvalue weighted by molar-refractivity contribution is -0.150. The number of nitrogens with zero attached hydrogens (tertiary/aromatic N) is 2. The Morgan fingerprint density at radius 2 is 2.29 bits per heavy atom. The fourth-order valence-corrected chi connectivity index (χ4v) is 1.58. The number of ether oxygens (including phenoxy) is 1. The minimum absolute atomic E-state index is 0.189. The van der Waals surface area contributed by atoms with Crippen molar-refractivity contribution in [1.82, 2.24) is 15.1 Å². The first kappa shape index (κ1) is 13.7. The summed E-state index contributed by atoms with van der Waals surface area (Å²) in [5.41, 5.74) is 0.708. The zero-order valence-electron chi connectivity index (χ0n) is 11.0. The Bertz CT molecular complexity index is 372. The highest BCUT2D eigenvalue weighted by Crippen LogP contribution is 2.15. The number of carbonyl (C=O) groups excluding carboxylic acids is 1. The monoisotopic (exact) mass is 239 g/mol. The van der Waals surface area contributed by atoms with Crippen LogP contribution in [0.1, 0.15) is 19.4 Å².